The van der Waals surface area contributed by atoms with Crippen molar-refractivity contribution in [1.29, 1.82) is 0 Å². The molecule has 1 aliphatic rings. The molecule has 0 aromatic carbocycles. The average Bonchev–Trinajstić information content (AvgIpc) is 2.51. The highest BCUT2D eigenvalue weighted by molar-refractivity contribution is 5.97. The molecule has 88 valence electrons. The number of hydrogen-bond acceptors (Lipinski definition) is 4. The number of aliphatic hydroxyl groups excluding tert-OH is 1. The average molecular weight is 224 g/mol. The minimum Gasteiger partial charge on any atom is -0.396 e. The summed E-state index contributed by atoms with van der Waals surface area (Å²) in [4.78, 5) is 11.8. The Bertz CT molecular complexity index is 376. The number of nitrogens with zero attached hydrogens (tertiary/aromatic N) is 2. The maximum Gasteiger partial charge on any atom is 0.271 e. The second kappa shape index (κ2) is 4.13. The molecule has 6 heteroatoms. The molecular formula is C10H16N4O2. The summed E-state index contributed by atoms with van der Waals surface area (Å²) in [6.07, 6.45) is 2.80. The van der Waals surface area contributed by atoms with E-state index in [0.29, 0.717) is 23.8 Å². The summed E-state index contributed by atoms with van der Waals surface area (Å²) < 4.78 is 1.46. The number of carbonyl (C=O) groups is 1. The van der Waals surface area contributed by atoms with Gasteiger partial charge in [0, 0.05) is 13.6 Å². The number of aromatic nitrogens is 2. The van der Waals surface area contributed by atoms with Gasteiger partial charge in [-0.15, -0.1) is 0 Å². The Balaban J connectivity index is 1.88. The van der Waals surface area contributed by atoms with Gasteiger partial charge in [0.25, 0.3) is 5.91 Å². The lowest BCUT2D eigenvalue weighted by molar-refractivity contribution is 0.0419. The first kappa shape index (κ1) is 10.9. The van der Waals surface area contributed by atoms with E-state index < -0.39 is 0 Å². The highest BCUT2D eigenvalue weighted by Crippen LogP contribution is 2.26. The summed E-state index contributed by atoms with van der Waals surface area (Å²) in [6.45, 7) is 0.584. The summed E-state index contributed by atoms with van der Waals surface area (Å²) in [5, 5.41) is 15.8. The van der Waals surface area contributed by atoms with Crippen molar-refractivity contribution < 1.29 is 9.90 Å². The molecule has 16 heavy (non-hydrogen) atoms. The minimum atomic E-state index is -0.209. The van der Waals surface area contributed by atoms with E-state index in [1.807, 2.05) is 0 Å². The third-order valence-corrected chi connectivity index (χ3v) is 2.94. The molecule has 1 amide bonds. The Hall–Kier alpha value is -1.56. The fourth-order valence-electron chi connectivity index (χ4n) is 1.92. The van der Waals surface area contributed by atoms with Crippen molar-refractivity contribution in [3.05, 3.63) is 11.9 Å². The molecule has 0 spiro atoms. The molecular weight excluding hydrogens is 208 g/mol. The van der Waals surface area contributed by atoms with Gasteiger partial charge < -0.3 is 16.2 Å². The number of hydrogen-bond donors (Lipinski definition) is 3. The van der Waals surface area contributed by atoms with Gasteiger partial charge >= 0.3 is 0 Å². The maximum atomic E-state index is 11.8. The van der Waals surface area contributed by atoms with E-state index in [9.17, 15) is 4.79 Å². The third-order valence-electron chi connectivity index (χ3n) is 2.94. The van der Waals surface area contributed by atoms with Gasteiger partial charge in [0.2, 0.25) is 0 Å². The molecule has 1 saturated carbocycles. The standard InChI is InChI=1S/C10H16N4O2/c1-14-9(8(11)5-13-14)10(16)12-4-6-2-7(15)3-6/h5-7,15H,2-4,11H2,1H3,(H,12,16). The van der Waals surface area contributed by atoms with E-state index in [1.54, 1.807) is 7.05 Å². The lowest BCUT2D eigenvalue weighted by Gasteiger charge is -2.31. The Kier molecular flexibility index (Phi) is 2.82. The minimum absolute atomic E-state index is 0.191. The van der Waals surface area contributed by atoms with Crippen LogP contribution < -0.4 is 11.1 Å². The van der Waals surface area contributed by atoms with Crippen LogP contribution in [0, 0.1) is 5.92 Å². The SMILES string of the molecule is Cn1ncc(N)c1C(=O)NCC1CC(O)C1. The highest BCUT2D eigenvalue weighted by atomic mass is 16.3. The summed E-state index contributed by atoms with van der Waals surface area (Å²) >= 11 is 0. The lowest BCUT2D eigenvalue weighted by Crippen LogP contribution is -2.39. The molecule has 1 aliphatic carbocycles. The van der Waals surface area contributed by atoms with Crippen molar-refractivity contribution in [2.45, 2.75) is 18.9 Å². The first-order valence-corrected chi connectivity index (χ1v) is 5.31. The van der Waals surface area contributed by atoms with E-state index in [4.69, 9.17) is 10.8 Å². The molecule has 1 fully saturated rings. The predicted molar refractivity (Wildman–Crippen MR) is 58.7 cm³/mol. The van der Waals surface area contributed by atoms with Crippen molar-refractivity contribution in [3.8, 4) is 0 Å². The predicted octanol–water partition coefficient (Wildman–Crippen LogP) is -0.497. The molecule has 0 saturated heterocycles. The third kappa shape index (κ3) is 2.01. The van der Waals surface area contributed by atoms with Crippen LogP contribution in [0.15, 0.2) is 6.20 Å². The molecule has 1 heterocycles. The first-order valence-electron chi connectivity index (χ1n) is 5.31. The monoisotopic (exact) mass is 224 g/mol. The number of aliphatic hydroxyl groups is 1. The van der Waals surface area contributed by atoms with Crippen LogP contribution in [0.5, 0.6) is 0 Å². The van der Waals surface area contributed by atoms with Gasteiger partial charge in [0.1, 0.15) is 5.69 Å². The lowest BCUT2D eigenvalue weighted by atomic mass is 9.82. The van der Waals surface area contributed by atoms with Gasteiger partial charge in [-0.3, -0.25) is 9.48 Å². The van der Waals surface area contributed by atoms with Crippen molar-refractivity contribution >= 4 is 11.6 Å². The van der Waals surface area contributed by atoms with Gasteiger partial charge in [0.05, 0.1) is 18.0 Å². The number of amides is 1. The topological polar surface area (TPSA) is 93.2 Å². The zero-order valence-corrected chi connectivity index (χ0v) is 9.18. The number of nitrogens with two attached hydrogens (primary N) is 1. The first-order chi connectivity index (χ1) is 7.58. The highest BCUT2D eigenvalue weighted by Gasteiger charge is 2.27. The zero-order chi connectivity index (χ0) is 11.7. The van der Waals surface area contributed by atoms with E-state index in [2.05, 4.69) is 10.4 Å². The van der Waals surface area contributed by atoms with Gasteiger partial charge in [0.15, 0.2) is 0 Å². The van der Waals surface area contributed by atoms with Gasteiger partial charge in [-0.2, -0.15) is 5.10 Å². The maximum absolute atomic E-state index is 11.8. The number of nitrogens with one attached hydrogen (secondary N) is 1. The Labute approximate surface area is 93.4 Å². The zero-order valence-electron chi connectivity index (χ0n) is 9.18. The van der Waals surface area contributed by atoms with E-state index in [0.717, 1.165) is 12.8 Å². The smallest absolute Gasteiger partial charge is 0.271 e. The molecule has 1 aromatic rings. The summed E-state index contributed by atoms with van der Waals surface area (Å²) in [6, 6.07) is 0. The number of nitrogen functional groups attached to an aromatic ring is 1. The molecule has 0 radical (unpaired) electrons. The van der Waals surface area contributed by atoms with Crippen LogP contribution in [0.3, 0.4) is 0 Å². The van der Waals surface area contributed by atoms with Crippen molar-refractivity contribution in [3.63, 3.8) is 0 Å². The number of aryl methyl sites for hydroxylation is 1. The van der Waals surface area contributed by atoms with Crippen LogP contribution in [0.4, 0.5) is 5.69 Å². The fourth-order valence-corrected chi connectivity index (χ4v) is 1.92. The van der Waals surface area contributed by atoms with Crippen LogP contribution >= 0.6 is 0 Å². The molecule has 0 atom stereocenters. The molecule has 0 unspecified atom stereocenters. The van der Waals surface area contributed by atoms with Crippen LogP contribution in [0.2, 0.25) is 0 Å². The van der Waals surface area contributed by atoms with E-state index >= 15 is 0 Å². The normalized spacial score (nSPS) is 23.9. The second-order valence-corrected chi connectivity index (χ2v) is 4.27. The van der Waals surface area contributed by atoms with Crippen molar-refractivity contribution in [1.82, 2.24) is 15.1 Å². The van der Waals surface area contributed by atoms with Crippen LogP contribution in [-0.4, -0.2) is 33.4 Å². The van der Waals surface area contributed by atoms with Crippen LogP contribution in [-0.2, 0) is 7.05 Å². The molecule has 2 rings (SSSR count). The van der Waals surface area contributed by atoms with E-state index in [-0.39, 0.29) is 12.0 Å². The van der Waals surface area contributed by atoms with Crippen molar-refractivity contribution in [2.24, 2.45) is 13.0 Å². The molecule has 6 nitrogen and oxygen atoms in total. The van der Waals surface area contributed by atoms with Crippen LogP contribution in [0.25, 0.3) is 0 Å². The number of anilines is 1. The summed E-state index contributed by atoms with van der Waals surface area (Å²) in [7, 11) is 1.68. The van der Waals surface area contributed by atoms with Crippen molar-refractivity contribution in [2.75, 3.05) is 12.3 Å². The molecule has 0 aliphatic heterocycles. The second-order valence-electron chi connectivity index (χ2n) is 4.27. The largest absolute Gasteiger partial charge is 0.396 e. The fraction of sp³-hybridized carbons (Fsp3) is 0.600. The van der Waals surface area contributed by atoms with E-state index in [1.165, 1.54) is 10.9 Å². The molecule has 0 bridgehead atoms. The quantitative estimate of drug-likeness (QED) is 0.645. The number of carbonyl (C=O) groups excluding carboxylic acids is 1. The van der Waals surface area contributed by atoms with Gasteiger partial charge in [-0.25, -0.2) is 0 Å². The molecule has 4 N–H and O–H groups in total. The molecule has 1 aromatic heterocycles. The number of rotatable bonds is 3. The summed E-state index contributed by atoms with van der Waals surface area (Å²) in [5.41, 5.74) is 6.40. The Morgan fingerprint density at radius 2 is 2.44 bits per heavy atom. The van der Waals surface area contributed by atoms with Crippen LogP contribution in [0.1, 0.15) is 23.3 Å². The summed E-state index contributed by atoms with van der Waals surface area (Å²) in [5.74, 6) is 0.173. The van der Waals surface area contributed by atoms with Gasteiger partial charge in [-0.05, 0) is 18.8 Å². The Morgan fingerprint density at radius 3 is 2.94 bits per heavy atom. The van der Waals surface area contributed by atoms with Gasteiger partial charge in [-0.1, -0.05) is 0 Å². The Morgan fingerprint density at radius 1 is 1.75 bits per heavy atom.